The molecule has 0 saturated carbocycles. The van der Waals surface area contributed by atoms with Crippen LogP contribution in [0.1, 0.15) is 49.0 Å². The summed E-state index contributed by atoms with van der Waals surface area (Å²) in [5.74, 6) is 0.570. The van der Waals surface area contributed by atoms with E-state index in [2.05, 4.69) is 0 Å². The van der Waals surface area contributed by atoms with Gasteiger partial charge in [0.1, 0.15) is 12.4 Å². The zero-order valence-corrected chi connectivity index (χ0v) is 23.0. The first kappa shape index (κ1) is 28.7. The highest BCUT2D eigenvalue weighted by Crippen LogP contribution is 2.39. The first-order chi connectivity index (χ1) is 20.2. The molecule has 0 aliphatic carbocycles. The van der Waals surface area contributed by atoms with Crippen LogP contribution in [-0.2, 0) is 12.6 Å². The van der Waals surface area contributed by atoms with Crippen LogP contribution in [0.3, 0.4) is 0 Å². The van der Waals surface area contributed by atoms with E-state index in [9.17, 15) is 22.8 Å². The summed E-state index contributed by atoms with van der Waals surface area (Å²) in [5, 5.41) is 0. The molecule has 1 unspecified atom stereocenters. The lowest BCUT2D eigenvalue weighted by Gasteiger charge is -2.37. The molecule has 4 aromatic carbocycles. The van der Waals surface area contributed by atoms with E-state index in [4.69, 9.17) is 14.2 Å². The average molecular weight is 576 g/mol. The van der Waals surface area contributed by atoms with Gasteiger partial charge in [0.05, 0.1) is 25.8 Å². The van der Waals surface area contributed by atoms with Crippen molar-refractivity contribution >= 4 is 11.7 Å². The highest BCUT2D eigenvalue weighted by molar-refractivity contribution is 6.09. The van der Waals surface area contributed by atoms with Crippen LogP contribution in [-0.4, -0.2) is 44.0 Å². The molecule has 216 valence electrons. The molecule has 0 spiro atoms. The quantitative estimate of drug-likeness (QED) is 0.217. The van der Waals surface area contributed by atoms with Gasteiger partial charge >= 0.3 is 6.18 Å². The fourth-order valence-corrected chi connectivity index (χ4v) is 5.07. The molecule has 0 aromatic heterocycles. The van der Waals surface area contributed by atoms with Crippen molar-refractivity contribution in [3.05, 3.63) is 124 Å². The predicted octanol–water partition coefficient (Wildman–Crippen LogP) is 6.77. The zero-order valence-electron chi connectivity index (χ0n) is 23.0. The number of rotatable bonds is 8. The Morgan fingerprint density at radius 2 is 1.45 bits per heavy atom. The SMILES string of the molecule is COc1cc2c(cc1OC)C(COc1cccc(C(F)(F)F)c1)N(C(=O)c1ccc(C(=O)c3ccccc3)cc1)CC2. The third-order valence-electron chi connectivity index (χ3n) is 7.26. The Bertz CT molecular complexity index is 1590. The molecule has 0 bridgehead atoms. The van der Waals surface area contributed by atoms with Gasteiger partial charge in [0.25, 0.3) is 5.91 Å². The molecule has 42 heavy (non-hydrogen) atoms. The molecule has 5 rings (SSSR count). The van der Waals surface area contributed by atoms with Gasteiger partial charge in [-0.3, -0.25) is 9.59 Å². The number of methoxy groups -OCH3 is 2. The summed E-state index contributed by atoms with van der Waals surface area (Å²) >= 11 is 0. The number of alkyl halides is 3. The maximum atomic E-state index is 13.8. The molecule has 4 aromatic rings. The molecule has 1 heterocycles. The molecule has 9 heteroatoms. The molecule has 0 N–H and O–H groups in total. The first-order valence-corrected chi connectivity index (χ1v) is 13.2. The maximum Gasteiger partial charge on any atom is 0.416 e. The summed E-state index contributed by atoms with van der Waals surface area (Å²) in [6.07, 6.45) is -4.00. The minimum absolute atomic E-state index is 0.0357. The number of ketones is 1. The summed E-state index contributed by atoms with van der Waals surface area (Å²) < 4.78 is 56.7. The Balaban J connectivity index is 1.45. The molecular weight excluding hydrogens is 547 g/mol. The fourth-order valence-electron chi connectivity index (χ4n) is 5.07. The molecular formula is C33H28F3NO5. The van der Waals surface area contributed by atoms with Gasteiger partial charge in [-0.1, -0.05) is 48.5 Å². The number of fused-ring (bicyclic) bond motifs is 1. The van der Waals surface area contributed by atoms with Gasteiger partial charge in [0.15, 0.2) is 17.3 Å². The van der Waals surface area contributed by atoms with Gasteiger partial charge in [0.2, 0.25) is 0 Å². The highest BCUT2D eigenvalue weighted by Gasteiger charge is 2.34. The van der Waals surface area contributed by atoms with Crippen LogP contribution in [0, 0.1) is 0 Å². The highest BCUT2D eigenvalue weighted by atomic mass is 19.4. The van der Waals surface area contributed by atoms with Crippen molar-refractivity contribution in [2.75, 3.05) is 27.4 Å². The monoisotopic (exact) mass is 575 g/mol. The van der Waals surface area contributed by atoms with Gasteiger partial charge in [-0.05, 0) is 60.0 Å². The molecule has 0 fully saturated rings. The number of hydrogen-bond donors (Lipinski definition) is 0. The fraction of sp³-hybridized carbons (Fsp3) is 0.212. The smallest absolute Gasteiger partial charge is 0.416 e. The second-order valence-electron chi connectivity index (χ2n) is 9.78. The molecule has 0 radical (unpaired) electrons. The number of amides is 1. The Morgan fingerprint density at radius 3 is 2.12 bits per heavy atom. The second-order valence-corrected chi connectivity index (χ2v) is 9.78. The third-order valence-corrected chi connectivity index (χ3v) is 7.26. The van der Waals surface area contributed by atoms with E-state index in [0.29, 0.717) is 41.2 Å². The van der Waals surface area contributed by atoms with Crippen LogP contribution in [0.15, 0.2) is 91.0 Å². The number of nitrogens with zero attached hydrogens (tertiary/aromatic N) is 1. The zero-order chi connectivity index (χ0) is 29.9. The van der Waals surface area contributed by atoms with E-state index in [1.54, 1.807) is 59.5 Å². The van der Waals surface area contributed by atoms with Crippen molar-refractivity contribution in [2.24, 2.45) is 0 Å². The minimum Gasteiger partial charge on any atom is -0.493 e. The minimum atomic E-state index is -4.52. The number of hydrogen-bond acceptors (Lipinski definition) is 5. The summed E-state index contributed by atoms with van der Waals surface area (Å²) in [5.41, 5.74) is 2.19. The van der Waals surface area contributed by atoms with Gasteiger partial charge in [-0.25, -0.2) is 0 Å². The lowest BCUT2D eigenvalue weighted by molar-refractivity contribution is -0.137. The lowest BCUT2D eigenvalue weighted by Crippen LogP contribution is -2.42. The molecule has 1 atom stereocenters. The van der Waals surface area contributed by atoms with E-state index in [1.165, 1.54) is 26.4 Å². The van der Waals surface area contributed by atoms with E-state index < -0.39 is 17.8 Å². The Kier molecular flexibility index (Phi) is 8.20. The summed E-state index contributed by atoms with van der Waals surface area (Å²) in [6, 6.07) is 22.9. The first-order valence-electron chi connectivity index (χ1n) is 13.2. The van der Waals surface area contributed by atoms with Gasteiger partial charge < -0.3 is 19.1 Å². The topological polar surface area (TPSA) is 65.1 Å². The van der Waals surface area contributed by atoms with E-state index in [0.717, 1.165) is 23.3 Å². The molecule has 1 aliphatic heterocycles. The maximum absolute atomic E-state index is 13.8. The Labute approximate surface area is 241 Å². The Morgan fingerprint density at radius 1 is 0.810 bits per heavy atom. The van der Waals surface area contributed by atoms with Crippen molar-refractivity contribution in [3.63, 3.8) is 0 Å². The average Bonchev–Trinajstić information content (AvgIpc) is 3.02. The van der Waals surface area contributed by atoms with Crippen LogP contribution >= 0.6 is 0 Å². The van der Waals surface area contributed by atoms with E-state index in [-0.39, 0.29) is 24.0 Å². The van der Waals surface area contributed by atoms with Crippen LogP contribution in [0.2, 0.25) is 0 Å². The number of benzene rings is 4. The van der Waals surface area contributed by atoms with Crippen LogP contribution in [0.4, 0.5) is 13.2 Å². The van der Waals surface area contributed by atoms with E-state index >= 15 is 0 Å². The largest absolute Gasteiger partial charge is 0.493 e. The van der Waals surface area contributed by atoms with Crippen LogP contribution in [0.5, 0.6) is 17.2 Å². The standard InChI is InChI=1S/C33H28F3NO5/c1-40-29-17-24-15-16-37(32(39)23-13-11-22(12-14-23)31(38)21-7-4-3-5-8-21)28(27(24)19-30(29)41-2)20-42-26-10-6-9-25(18-26)33(34,35)36/h3-14,17-19,28H,15-16,20H2,1-2H3. The summed E-state index contributed by atoms with van der Waals surface area (Å²) in [6.45, 7) is 0.239. The lowest BCUT2D eigenvalue weighted by atomic mass is 9.91. The number of carbonyl (C=O) groups is 2. The third kappa shape index (κ3) is 5.95. The number of ether oxygens (including phenoxy) is 3. The number of halogens is 3. The van der Waals surface area contributed by atoms with E-state index in [1.807, 2.05) is 12.1 Å². The van der Waals surface area contributed by atoms with Gasteiger partial charge in [-0.15, -0.1) is 0 Å². The van der Waals surface area contributed by atoms with Gasteiger partial charge in [0, 0.05) is 23.2 Å². The van der Waals surface area contributed by atoms with Crippen molar-refractivity contribution in [3.8, 4) is 17.2 Å². The van der Waals surface area contributed by atoms with Crippen molar-refractivity contribution in [1.82, 2.24) is 4.90 Å². The predicted molar refractivity (Wildman–Crippen MR) is 150 cm³/mol. The van der Waals surface area contributed by atoms with Crippen LogP contribution in [0.25, 0.3) is 0 Å². The number of carbonyl (C=O) groups excluding carboxylic acids is 2. The molecule has 1 aliphatic rings. The second kappa shape index (κ2) is 12.0. The van der Waals surface area contributed by atoms with Crippen molar-refractivity contribution < 1.29 is 37.0 Å². The molecule has 0 saturated heterocycles. The van der Waals surface area contributed by atoms with Crippen LogP contribution < -0.4 is 14.2 Å². The normalized spacial score (nSPS) is 14.6. The van der Waals surface area contributed by atoms with Crippen molar-refractivity contribution in [1.29, 1.82) is 0 Å². The summed E-state index contributed by atoms with van der Waals surface area (Å²) in [4.78, 5) is 28.3. The summed E-state index contributed by atoms with van der Waals surface area (Å²) in [7, 11) is 3.03. The Hall–Kier alpha value is -4.79. The molecule has 6 nitrogen and oxygen atoms in total. The van der Waals surface area contributed by atoms with Crippen molar-refractivity contribution in [2.45, 2.75) is 18.6 Å². The molecule has 1 amide bonds. The van der Waals surface area contributed by atoms with Gasteiger partial charge in [-0.2, -0.15) is 13.2 Å².